The van der Waals surface area contributed by atoms with Crippen molar-refractivity contribution in [3.8, 4) is 0 Å². The number of hydrogen-bond donors (Lipinski definition) is 4. The third-order valence-electron chi connectivity index (χ3n) is 0. The Hall–Kier alpha value is 0.502. The molecule has 0 atom stereocenters. The van der Waals surface area contributed by atoms with Crippen LogP contribution in [-0.2, 0) is 0 Å². The van der Waals surface area contributed by atoms with Gasteiger partial charge in [-0.25, -0.2) is 0 Å². The molecule has 6 heavy (non-hydrogen) atoms. The normalized spacial score (nSPS) is 10.0. The Bertz CT molecular complexity index is 23.0. The first kappa shape index (κ1) is 9.71. The molecule has 0 aromatic rings. The molecular weight excluding hydrogens is 81.7 g/mol. The standard InChI is InChI=1S/BH4O4.Li/c2-1(3,4)5;/h2-5H;/q-1;+1. The molecule has 4 N–H and O–H groups in total. The SMILES string of the molecule is O[B-](O)(O)O.[Li+]. The second kappa shape index (κ2) is 2.64. The third-order valence-corrected chi connectivity index (χ3v) is 0. The summed E-state index contributed by atoms with van der Waals surface area (Å²) in [6.45, 7) is -4.00. The van der Waals surface area contributed by atoms with E-state index in [0.717, 1.165) is 0 Å². The van der Waals surface area contributed by atoms with E-state index in [4.69, 9.17) is 20.1 Å². The Morgan fingerprint density at radius 1 is 0.833 bits per heavy atom. The zero-order valence-corrected chi connectivity index (χ0v) is 3.37. The Kier molecular flexibility index (Phi) is 4.27. The molecule has 0 aromatic heterocycles. The monoisotopic (exact) mass is 86.0 g/mol. The molecule has 6 heteroatoms. The Morgan fingerprint density at radius 2 is 0.833 bits per heavy atom. The fourth-order valence-corrected chi connectivity index (χ4v) is 0. The molecule has 0 heterocycles. The van der Waals surface area contributed by atoms with Gasteiger partial charge in [-0.05, 0) is 0 Å². The van der Waals surface area contributed by atoms with Gasteiger partial charge < -0.3 is 20.1 Å². The minimum atomic E-state index is -4.00. The van der Waals surface area contributed by atoms with Crippen LogP contribution in [0.4, 0.5) is 0 Å². The van der Waals surface area contributed by atoms with Crippen molar-refractivity contribution < 1.29 is 39.0 Å². The molecule has 0 rings (SSSR count). The van der Waals surface area contributed by atoms with Crippen LogP contribution in [0.15, 0.2) is 0 Å². The van der Waals surface area contributed by atoms with E-state index in [1.807, 2.05) is 0 Å². The van der Waals surface area contributed by atoms with Crippen molar-refractivity contribution in [1.29, 1.82) is 0 Å². The van der Waals surface area contributed by atoms with Crippen molar-refractivity contribution in [3.05, 3.63) is 0 Å². The molecule has 0 aromatic carbocycles. The molecular formula is H4BLiO4. The van der Waals surface area contributed by atoms with Crippen LogP contribution in [0.5, 0.6) is 0 Å². The summed E-state index contributed by atoms with van der Waals surface area (Å²) in [6, 6.07) is 0. The van der Waals surface area contributed by atoms with Crippen molar-refractivity contribution in [2.45, 2.75) is 0 Å². The maximum atomic E-state index is 7.25. The van der Waals surface area contributed by atoms with E-state index in [9.17, 15) is 0 Å². The van der Waals surface area contributed by atoms with Crippen LogP contribution in [0, 0.1) is 0 Å². The number of rotatable bonds is 0. The predicted octanol–water partition coefficient (Wildman–Crippen LogP) is -5.60. The van der Waals surface area contributed by atoms with E-state index in [-0.39, 0.29) is 18.9 Å². The van der Waals surface area contributed by atoms with Crippen LogP contribution in [-0.4, -0.2) is 27.1 Å². The van der Waals surface area contributed by atoms with Crippen LogP contribution in [0.2, 0.25) is 0 Å². The minimum absolute atomic E-state index is 0. The van der Waals surface area contributed by atoms with Crippen molar-refractivity contribution >= 4 is 6.96 Å². The summed E-state index contributed by atoms with van der Waals surface area (Å²) in [5.74, 6) is 0. The molecule has 0 radical (unpaired) electrons. The van der Waals surface area contributed by atoms with Gasteiger partial charge in [0.15, 0.2) is 0 Å². The van der Waals surface area contributed by atoms with E-state index >= 15 is 0 Å². The molecule has 0 amide bonds. The van der Waals surface area contributed by atoms with Gasteiger partial charge in [-0.1, -0.05) is 0 Å². The van der Waals surface area contributed by atoms with Crippen molar-refractivity contribution in [2.24, 2.45) is 0 Å². The molecule has 0 aliphatic heterocycles. The molecule has 0 bridgehead atoms. The van der Waals surface area contributed by atoms with Crippen LogP contribution in [0.25, 0.3) is 0 Å². The second-order valence-electron chi connectivity index (χ2n) is 0.693. The predicted molar refractivity (Wildman–Crippen MR) is 14.6 cm³/mol. The van der Waals surface area contributed by atoms with Crippen molar-refractivity contribution in [1.82, 2.24) is 0 Å². The zero-order valence-electron chi connectivity index (χ0n) is 3.37. The fraction of sp³-hybridized carbons (Fsp3) is 0. The molecule has 0 aliphatic rings. The molecule has 32 valence electrons. The topological polar surface area (TPSA) is 80.9 Å². The second-order valence-corrected chi connectivity index (χ2v) is 0.693. The Morgan fingerprint density at radius 3 is 0.833 bits per heavy atom. The van der Waals surface area contributed by atoms with E-state index in [1.54, 1.807) is 0 Å². The van der Waals surface area contributed by atoms with Crippen LogP contribution < -0.4 is 18.9 Å². The molecule has 0 spiro atoms. The van der Waals surface area contributed by atoms with Gasteiger partial charge in [0.1, 0.15) is 0 Å². The minimum Gasteiger partial charge on any atom is -0.534 e. The zero-order chi connectivity index (χ0) is 4.50. The van der Waals surface area contributed by atoms with Gasteiger partial charge in [-0.3, -0.25) is 0 Å². The summed E-state index contributed by atoms with van der Waals surface area (Å²) < 4.78 is 0. The van der Waals surface area contributed by atoms with Gasteiger partial charge in [0, 0.05) is 0 Å². The maximum absolute atomic E-state index is 7.25. The quantitative estimate of drug-likeness (QED) is 0.221. The number of hydrogen-bond acceptors (Lipinski definition) is 4. The average Bonchev–Trinajstić information content (AvgIpc) is 0.722. The summed E-state index contributed by atoms with van der Waals surface area (Å²) in [4.78, 5) is 0. The van der Waals surface area contributed by atoms with Crippen molar-refractivity contribution in [2.75, 3.05) is 0 Å². The van der Waals surface area contributed by atoms with Gasteiger partial charge >= 0.3 is 25.8 Å². The molecule has 4 nitrogen and oxygen atoms in total. The van der Waals surface area contributed by atoms with Gasteiger partial charge in [-0.2, -0.15) is 0 Å². The van der Waals surface area contributed by atoms with Gasteiger partial charge in [0.05, 0.1) is 0 Å². The first-order valence-corrected chi connectivity index (χ1v) is 1.03. The first-order valence-electron chi connectivity index (χ1n) is 1.03. The molecule has 0 aliphatic carbocycles. The Balaban J connectivity index is 0. The smallest absolute Gasteiger partial charge is 0.534 e. The third kappa shape index (κ3) is 219. The van der Waals surface area contributed by atoms with Gasteiger partial charge in [-0.15, -0.1) is 0 Å². The molecule has 0 saturated heterocycles. The molecule has 0 saturated carbocycles. The van der Waals surface area contributed by atoms with Crippen LogP contribution >= 0.6 is 0 Å². The molecule has 0 unspecified atom stereocenters. The Labute approximate surface area is 46.6 Å². The fourth-order valence-electron chi connectivity index (χ4n) is 0. The summed E-state index contributed by atoms with van der Waals surface area (Å²) >= 11 is 0. The molecule has 0 fully saturated rings. The van der Waals surface area contributed by atoms with Crippen LogP contribution in [0.1, 0.15) is 0 Å². The summed E-state index contributed by atoms with van der Waals surface area (Å²) in [6.07, 6.45) is 0. The van der Waals surface area contributed by atoms with Gasteiger partial charge in [0.25, 0.3) is 0 Å². The van der Waals surface area contributed by atoms with Crippen LogP contribution in [0.3, 0.4) is 0 Å². The summed E-state index contributed by atoms with van der Waals surface area (Å²) in [5, 5.41) is 29.0. The van der Waals surface area contributed by atoms with Gasteiger partial charge in [0.2, 0.25) is 0 Å². The van der Waals surface area contributed by atoms with E-state index in [0.29, 0.717) is 0 Å². The van der Waals surface area contributed by atoms with E-state index in [1.165, 1.54) is 0 Å². The summed E-state index contributed by atoms with van der Waals surface area (Å²) in [7, 11) is 0. The van der Waals surface area contributed by atoms with E-state index in [2.05, 4.69) is 0 Å². The van der Waals surface area contributed by atoms with E-state index < -0.39 is 6.96 Å². The maximum Gasteiger partial charge on any atom is 1.00 e. The average molecular weight is 85.8 g/mol. The first-order chi connectivity index (χ1) is 2.00. The van der Waals surface area contributed by atoms with Crippen molar-refractivity contribution in [3.63, 3.8) is 0 Å². The largest absolute Gasteiger partial charge is 1.00 e. The summed E-state index contributed by atoms with van der Waals surface area (Å²) in [5.41, 5.74) is 0.